The van der Waals surface area contributed by atoms with Gasteiger partial charge in [-0.2, -0.15) is 9.78 Å². The molecule has 1 aromatic rings. The van der Waals surface area contributed by atoms with Crippen LogP contribution in [0, 0.1) is 0 Å². The van der Waals surface area contributed by atoms with E-state index in [-0.39, 0.29) is 5.41 Å². The van der Waals surface area contributed by atoms with E-state index < -0.39 is 6.09 Å². The summed E-state index contributed by atoms with van der Waals surface area (Å²) in [6, 6.07) is 0. The Labute approximate surface area is 91.1 Å². The summed E-state index contributed by atoms with van der Waals surface area (Å²) in [4.78, 5) is 10.7. The Kier molecular flexibility index (Phi) is 2.99. The Balaban J connectivity index is 3.22. The van der Waals surface area contributed by atoms with E-state index in [0.717, 1.165) is 15.9 Å². The van der Waals surface area contributed by atoms with E-state index >= 15 is 0 Å². The Morgan fingerprint density at radius 3 is 2.50 bits per heavy atom. The van der Waals surface area contributed by atoms with Crippen LogP contribution < -0.4 is 0 Å². The second-order valence-corrected chi connectivity index (χ2v) is 4.66. The van der Waals surface area contributed by atoms with E-state index in [9.17, 15) is 4.79 Å². The van der Waals surface area contributed by atoms with Gasteiger partial charge in [0, 0.05) is 17.1 Å². The van der Waals surface area contributed by atoms with E-state index in [4.69, 9.17) is 5.11 Å². The maximum atomic E-state index is 10.7. The maximum absolute atomic E-state index is 10.7. The smallest absolute Gasteiger partial charge is 0.432 e. The summed E-state index contributed by atoms with van der Waals surface area (Å²) in [6.07, 6.45) is 0.515. The molecule has 1 N–H and O–H groups in total. The summed E-state index contributed by atoms with van der Waals surface area (Å²) in [7, 11) is 0. The minimum atomic E-state index is -1.05. The van der Waals surface area contributed by atoms with Crippen molar-refractivity contribution < 1.29 is 9.90 Å². The first kappa shape index (κ1) is 11.2. The number of hydrogen-bond acceptors (Lipinski definition) is 2. The summed E-state index contributed by atoms with van der Waals surface area (Å²) in [5.41, 5.74) is 1.65. The number of halogens is 1. The topological polar surface area (TPSA) is 55.1 Å². The molecule has 0 aliphatic rings. The van der Waals surface area contributed by atoms with Crippen LogP contribution in [0.5, 0.6) is 0 Å². The predicted molar refractivity (Wildman–Crippen MR) is 57.0 cm³/mol. The van der Waals surface area contributed by atoms with Gasteiger partial charge in [-0.1, -0.05) is 36.7 Å². The molecule has 0 aromatic carbocycles. The van der Waals surface area contributed by atoms with Crippen molar-refractivity contribution in [3.05, 3.63) is 17.5 Å². The van der Waals surface area contributed by atoms with Crippen molar-refractivity contribution in [2.24, 2.45) is 0 Å². The standard InChI is InChI=1S/C9H13BrN2O2/c1-9(2,3)6-5-12(8(13)14)11-7(6)4-10/h5H,4H2,1-3H3,(H,13,14). The average Bonchev–Trinajstić information content (AvgIpc) is 2.46. The monoisotopic (exact) mass is 260 g/mol. The lowest BCUT2D eigenvalue weighted by Gasteiger charge is -2.17. The molecule has 14 heavy (non-hydrogen) atoms. The van der Waals surface area contributed by atoms with Gasteiger partial charge in [0.05, 0.1) is 5.69 Å². The highest BCUT2D eigenvalue weighted by atomic mass is 79.9. The summed E-state index contributed by atoms with van der Waals surface area (Å²) in [5, 5.41) is 13.3. The normalized spacial score (nSPS) is 11.7. The largest absolute Gasteiger partial charge is 0.463 e. The second-order valence-electron chi connectivity index (χ2n) is 4.10. The molecule has 1 heterocycles. The first-order valence-electron chi connectivity index (χ1n) is 4.24. The molecule has 1 rings (SSSR count). The molecule has 0 bridgehead atoms. The van der Waals surface area contributed by atoms with Gasteiger partial charge in [0.25, 0.3) is 0 Å². The molecule has 0 unspecified atom stereocenters. The van der Waals surface area contributed by atoms with Crippen molar-refractivity contribution in [2.45, 2.75) is 31.5 Å². The quantitative estimate of drug-likeness (QED) is 0.790. The molecule has 78 valence electrons. The zero-order valence-electron chi connectivity index (χ0n) is 8.41. The summed E-state index contributed by atoms with van der Waals surface area (Å²) < 4.78 is 0.956. The van der Waals surface area contributed by atoms with Crippen LogP contribution in [0.15, 0.2) is 6.20 Å². The number of rotatable bonds is 1. The number of nitrogens with zero attached hydrogens (tertiary/aromatic N) is 2. The molecule has 0 amide bonds. The summed E-state index contributed by atoms with van der Waals surface area (Å²) in [6.45, 7) is 6.09. The van der Waals surface area contributed by atoms with Crippen LogP contribution in [0.4, 0.5) is 4.79 Å². The van der Waals surface area contributed by atoms with Crippen molar-refractivity contribution in [1.82, 2.24) is 9.78 Å². The molecule has 5 heteroatoms. The minimum Gasteiger partial charge on any atom is -0.463 e. The highest BCUT2D eigenvalue weighted by Gasteiger charge is 2.22. The van der Waals surface area contributed by atoms with Crippen molar-refractivity contribution in [1.29, 1.82) is 0 Å². The number of alkyl halides is 1. The van der Waals surface area contributed by atoms with Crippen molar-refractivity contribution >= 4 is 22.0 Å². The Morgan fingerprint density at radius 1 is 1.64 bits per heavy atom. The maximum Gasteiger partial charge on any atom is 0.432 e. The van der Waals surface area contributed by atoms with Crippen LogP contribution in [-0.4, -0.2) is 21.0 Å². The number of aromatic nitrogens is 2. The number of hydrogen-bond donors (Lipinski definition) is 1. The molecule has 0 fully saturated rings. The number of carboxylic acid groups (broad SMARTS) is 1. The third kappa shape index (κ3) is 2.15. The second kappa shape index (κ2) is 3.73. The van der Waals surface area contributed by atoms with E-state index in [1.54, 1.807) is 6.20 Å². The van der Waals surface area contributed by atoms with Gasteiger partial charge in [-0.05, 0) is 5.41 Å². The molecule has 0 saturated carbocycles. The van der Waals surface area contributed by atoms with Crippen molar-refractivity contribution in [3.8, 4) is 0 Å². The van der Waals surface area contributed by atoms with Gasteiger partial charge >= 0.3 is 6.09 Å². The highest BCUT2D eigenvalue weighted by molar-refractivity contribution is 9.08. The van der Waals surface area contributed by atoms with Gasteiger partial charge in [-0.25, -0.2) is 4.79 Å². The Morgan fingerprint density at radius 2 is 2.21 bits per heavy atom. The van der Waals surface area contributed by atoms with Crippen LogP contribution in [0.25, 0.3) is 0 Å². The lowest BCUT2D eigenvalue weighted by molar-refractivity contribution is 0.192. The lowest BCUT2D eigenvalue weighted by Crippen LogP contribution is -2.12. The van der Waals surface area contributed by atoms with Crippen LogP contribution >= 0.6 is 15.9 Å². The first-order valence-corrected chi connectivity index (χ1v) is 5.36. The Bertz CT molecular complexity index is 352. The fourth-order valence-electron chi connectivity index (χ4n) is 1.23. The van der Waals surface area contributed by atoms with E-state index in [2.05, 4.69) is 21.0 Å². The van der Waals surface area contributed by atoms with Crippen LogP contribution in [0.1, 0.15) is 32.0 Å². The van der Waals surface area contributed by atoms with E-state index in [1.165, 1.54) is 0 Å². The first-order chi connectivity index (χ1) is 6.36. The third-order valence-corrected chi connectivity index (χ3v) is 2.45. The van der Waals surface area contributed by atoms with Gasteiger partial charge < -0.3 is 5.11 Å². The van der Waals surface area contributed by atoms with E-state index in [0.29, 0.717) is 5.33 Å². The van der Waals surface area contributed by atoms with Crippen molar-refractivity contribution in [3.63, 3.8) is 0 Å². The summed E-state index contributed by atoms with van der Waals surface area (Å²) >= 11 is 3.29. The fourth-order valence-corrected chi connectivity index (χ4v) is 1.65. The molecule has 0 aliphatic heterocycles. The SMILES string of the molecule is CC(C)(C)c1cn(C(=O)O)nc1CBr. The van der Waals surface area contributed by atoms with Crippen LogP contribution in [0.3, 0.4) is 0 Å². The molecule has 0 radical (unpaired) electrons. The van der Waals surface area contributed by atoms with Gasteiger partial charge in [0.1, 0.15) is 0 Å². The molecular weight excluding hydrogens is 248 g/mol. The third-order valence-electron chi connectivity index (χ3n) is 1.92. The van der Waals surface area contributed by atoms with Gasteiger partial charge in [-0.15, -0.1) is 0 Å². The van der Waals surface area contributed by atoms with Crippen molar-refractivity contribution in [2.75, 3.05) is 0 Å². The van der Waals surface area contributed by atoms with Gasteiger partial charge in [0.15, 0.2) is 0 Å². The van der Waals surface area contributed by atoms with Crippen LogP contribution in [-0.2, 0) is 10.7 Å². The minimum absolute atomic E-state index is 0.0865. The average molecular weight is 261 g/mol. The molecule has 4 nitrogen and oxygen atoms in total. The zero-order valence-corrected chi connectivity index (χ0v) is 10.00. The fraction of sp³-hybridized carbons (Fsp3) is 0.556. The molecule has 1 aromatic heterocycles. The van der Waals surface area contributed by atoms with Gasteiger partial charge in [-0.3, -0.25) is 0 Å². The molecule has 0 atom stereocenters. The molecular formula is C9H13BrN2O2. The van der Waals surface area contributed by atoms with E-state index in [1.807, 2.05) is 20.8 Å². The molecule has 0 spiro atoms. The van der Waals surface area contributed by atoms with Crippen LogP contribution in [0.2, 0.25) is 0 Å². The molecule has 0 saturated heterocycles. The lowest BCUT2D eigenvalue weighted by atomic mass is 9.88. The summed E-state index contributed by atoms with van der Waals surface area (Å²) in [5.74, 6) is 0. The highest BCUT2D eigenvalue weighted by Crippen LogP contribution is 2.26. The zero-order chi connectivity index (χ0) is 10.9. The Hall–Kier alpha value is -0.840. The number of carbonyl (C=O) groups is 1. The van der Waals surface area contributed by atoms with Gasteiger partial charge in [0.2, 0.25) is 0 Å². The molecule has 0 aliphatic carbocycles. The predicted octanol–water partition coefficient (Wildman–Crippen LogP) is 2.60.